The van der Waals surface area contributed by atoms with Crippen LogP contribution in [0.2, 0.25) is 0 Å². The third-order valence-corrected chi connectivity index (χ3v) is 11.5. The van der Waals surface area contributed by atoms with Crippen LogP contribution in [-0.4, -0.2) is 65.7 Å². The van der Waals surface area contributed by atoms with Crippen LogP contribution in [0.3, 0.4) is 0 Å². The Kier molecular flexibility index (Phi) is 41.3. The van der Waals surface area contributed by atoms with Gasteiger partial charge in [0.15, 0.2) is 6.10 Å². The number of ether oxygens (including phenoxy) is 2. The summed E-state index contributed by atoms with van der Waals surface area (Å²) >= 11 is 0. The molecule has 0 amide bonds. The van der Waals surface area contributed by atoms with E-state index in [0.717, 1.165) is 32.1 Å². The molecule has 3 atom stereocenters. The van der Waals surface area contributed by atoms with Gasteiger partial charge in [0, 0.05) is 12.8 Å². The minimum absolute atomic E-state index is 0.193. The van der Waals surface area contributed by atoms with E-state index in [4.69, 9.17) is 23.6 Å². The minimum Gasteiger partial charge on any atom is -0.462 e. The van der Waals surface area contributed by atoms with Crippen LogP contribution in [0.25, 0.3) is 0 Å². The Labute approximate surface area is 344 Å². The van der Waals surface area contributed by atoms with Crippen molar-refractivity contribution in [3.8, 4) is 0 Å². The van der Waals surface area contributed by atoms with Crippen molar-refractivity contribution in [2.45, 2.75) is 251 Å². The predicted octanol–water partition coefficient (Wildman–Crippen LogP) is 12.6. The van der Waals surface area contributed by atoms with Gasteiger partial charge in [0.05, 0.1) is 19.8 Å². The first-order chi connectivity index (χ1) is 27.2. The number of unbranched alkanes of at least 4 members (excludes halogenated alkanes) is 31. The average Bonchev–Trinajstić information content (AvgIpc) is 3.19. The van der Waals surface area contributed by atoms with E-state index in [2.05, 4.69) is 13.8 Å². The van der Waals surface area contributed by atoms with Gasteiger partial charge in [0.2, 0.25) is 0 Å². The molecule has 11 heteroatoms. The van der Waals surface area contributed by atoms with Crippen LogP contribution in [0, 0.1) is 0 Å². The van der Waals surface area contributed by atoms with E-state index in [-0.39, 0.29) is 19.4 Å². The van der Waals surface area contributed by atoms with Gasteiger partial charge in [-0.05, 0) is 12.8 Å². The Bertz CT molecular complexity index is 904. The number of aliphatic hydroxyl groups excluding tert-OH is 2. The number of esters is 2. The molecule has 0 rings (SSSR count). The molecule has 3 N–H and O–H groups in total. The minimum atomic E-state index is -4.61. The van der Waals surface area contributed by atoms with Gasteiger partial charge < -0.3 is 24.6 Å². The van der Waals surface area contributed by atoms with Crippen LogP contribution in [0.4, 0.5) is 0 Å². The Balaban J connectivity index is 4.16. The Morgan fingerprint density at radius 2 is 0.768 bits per heavy atom. The lowest BCUT2D eigenvalue weighted by atomic mass is 10.0. The molecule has 0 aliphatic rings. The van der Waals surface area contributed by atoms with Crippen LogP contribution in [0.15, 0.2) is 0 Å². The summed E-state index contributed by atoms with van der Waals surface area (Å²) < 4.78 is 32.8. The summed E-state index contributed by atoms with van der Waals surface area (Å²) in [5, 5.41) is 18.3. The zero-order valence-corrected chi connectivity index (χ0v) is 37.3. The molecule has 3 unspecified atom stereocenters. The molecule has 0 heterocycles. The van der Waals surface area contributed by atoms with Crippen molar-refractivity contribution < 1.29 is 47.8 Å². The lowest BCUT2D eigenvalue weighted by Crippen LogP contribution is -2.29. The summed E-state index contributed by atoms with van der Waals surface area (Å²) in [6.07, 6.45) is 39.3. The van der Waals surface area contributed by atoms with Crippen molar-refractivity contribution in [1.82, 2.24) is 0 Å². The first-order valence-electron chi connectivity index (χ1n) is 23.5. The summed E-state index contributed by atoms with van der Waals surface area (Å²) in [4.78, 5) is 35.0. The monoisotopic (exact) mass is 821 g/mol. The molecule has 0 aliphatic heterocycles. The van der Waals surface area contributed by atoms with E-state index in [9.17, 15) is 24.2 Å². The topological polar surface area (TPSA) is 149 Å². The second kappa shape index (κ2) is 42.1. The smallest absolute Gasteiger partial charge is 0.462 e. The van der Waals surface area contributed by atoms with Crippen molar-refractivity contribution in [1.29, 1.82) is 0 Å². The van der Waals surface area contributed by atoms with Gasteiger partial charge in [0.25, 0.3) is 0 Å². The zero-order chi connectivity index (χ0) is 41.2. The normalized spacial score (nSPS) is 13.7. The maximum Gasteiger partial charge on any atom is 0.472 e. The van der Waals surface area contributed by atoms with E-state index < -0.39 is 51.8 Å². The first kappa shape index (κ1) is 55.0. The second-order valence-electron chi connectivity index (χ2n) is 16.2. The highest BCUT2D eigenvalue weighted by molar-refractivity contribution is 7.47. The molecule has 0 saturated heterocycles. The van der Waals surface area contributed by atoms with Crippen LogP contribution < -0.4 is 0 Å². The number of phosphoric acid groups is 1. The fourth-order valence-electron chi connectivity index (χ4n) is 6.88. The lowest BCUT2D eigenvalue weighted by Gasteiger charge is -2.20. The van der Waals surface area contributed by atoms with Crippen molar-refractivity contribution in [3.05, 3.63) is 0 Å². The van der Waals surface area contributed by atoms with E-state index >= 15 is 0 Å². The fraction of sp³-hybridized carbons (Fsp3) is 0.956. The molecular weight excluding hydrogens is 731 g/mol. The molecule has 0 aromatic heterocycles. The molecule has 0 bridgehead atoms. The maximum absolute atomic E-state index is 12.6. The first-order valence-corrected chi connectivity index (χ1v) is 25.0. The Morgan fingerprint density at radius 1 is 0.464 bits per heavy atom. The van der Waals surface area contributed by atoms with Gasteiger partial charge in [-0.25, -0.2) is 4.57 Å². The molecule has 0 aromatic carbocycles. The van der Waals surface area contributed by atoms with Crippen LogP contribution in [0.5, 0.6) is 0 Å². The number of aliphatic hydroxyl groups is 2. The van der Waals surface area contributed by atoms with Crippen LogP contribution >= 0.6 is 7.82 Å². The second-order valence-corrected chi connectivity index (χ2v) is 17.6. The molecule has 0 aliphatic carbocycles. The Morgan fingerprint density at radius 3 is 1.11 bits per heavy atom. The summed E-state index contributed by atoms with van der Waals surface area (Å²) in [7, 11) is -4.61. The Hall–Kier alpha value is -1.03. The van der Waals surface area contributed by atoms with Crippen molar-refractivity contribution in [2.75, 3.05) is 26.4 Å². The average molecular weight is 821 g/mol. The van der Waals surface area contributed by atoms with E-state index in [1.807, 2.05) is 0 Å². The highest BCUT2D eigenvalue weighted by Gasteiger charge is 2.27. The standard InChI is InChI=1S/C45H89O10P/c1-3-5-7-9-11-13-15-17-18-19-20-21-22-23-25-27-29-31-33-35-37-45(49)55-43(41-54-56(50,51)53-39-42(47)38-46)40-52-44(48)36-34-32-30-28-26-24-16-14-12-10-8-6-4-2/h42-43,46-47H,3-41H2,1-2H3,(H,50,51). The molecule has 56 heavy (non-hydrogen) atoms. The quantitative estimate of drug-likeness (QED) is 0.0308. The highest BCUT2D eigenvalue weighted by Crippen LogP contribution is 2.43. The third-order valence-electron chi connectivity index (χ3n) is 10.5. The van der Waals surface area contributed by atoms with E-state index in [0.29, 0.717) is 12.8 Å². The number of carbonyl (C=O) groups excluding carboxylic acids is 2. The number of phosphoric ester groups is 1. The molecule has 334 valence electrons. The molecule has 10 nitrogen and oxygen atoms in total. The molecule has 0 aromatic rings. The SMILES string of the molecule is CCCCCCCCCCCCCCCCCCCCCCC(=O)OC(COC(=O)CCCCCCCCCCCCCCC)COP(=O)(O)OCC(O)CO. The number of hydrogen-bond donors (Lipinski definition) is 3. The van der Waals surface area contributed by atoms with Gasteiger partial charge in [-0.15, -0.1) is 0 Å². The number of rotatable bonds is 45. The van der Waals surface area contributed by atoms with Crippen molar-refractivity contribution >= 4 is 19.8 Å². The molecule has 0 spiro atoms. The number of hydrogen-bond acceptors (Lipinski definition) is 9. The van der Waals surface area contributed by atoms with Gasteiger partial charge in [-0.1, -0.05) is 213 Å². The van der Waals surface area contributed by atoms with Crippen molar-refractivity contribution in [2.24, 2.45) is 0 Å². The highest BCUT2D eigenvalue weighted by atomic mass is 31.2. The molecule has 0 saturated carbocycles. The van der Waals surface area contributed by atoms with Gasteiger partial charge in [-0.3, -0.25) is 18.6 Å². The summed E-state index contributed by atoms with van der Waals surface area (Å²) in [5.41, 5.74) is 0. The summed E-state index contributed by atoms with van der Waals surface area (Å²) in [5.74, 6) is -0.907. The molecular formula is C45H89O10P. The predicted molar refractivity (Wildman–Crippen MR) is 229 cm³/mol. The fourth-order valence-corrected chi connectivity index (χ4v) is 7.67. The lowest BCUT2D eigenvalue weighted by molar-refractivity contribution is -0.161. The van der Waals surface area contributed by atoms with Gasteiger partial charge in [-0.2, -0.15) is 0 Å². The van der Waals surface area contributed by atoms with E-state index in [1.165, 1.54) is 167 Å². The van der Waals surface area contributed by atoms with Crippen molar-refractivity contribution in [3.63, 3.8) is 0 Å². The van der Waals surface area contributed by atoms with Gasteiger partial charge >= 0.3 is 19.8 Å². The number of carbonyl (C=O) groups is 2. The van der Waals surface area contributed by atoms with E-state index in [1.54, 1.807) is 0 Å². The maximum atomic E-state index is 12.6. The van der Waals surface area contributed by atoms with Crippen LogP contribution in [0.1, 0.15) is 239 Å². The summed E-state index contributed by atoms with van der Waals surface area (Å²) in [6.45, 7) is 2.43. The summed E-state index contributed by atoms with van der Waals surface area (Å²) in [6, 6.07) is 0. The molecule has 0 radical (unpaired) electrons. The van der Waals surface area contributed by atoms with Crippen LogP contribution in [-0.2, 0) is 32.7 Å². The third kappa shape index (κ3) is 41.1. The molecule has 0 fully saturated rings. The zero-order valence-electron chi connectivity index (χ0n) is 36.4. The van der Waals surface area contributed by atoms with Gasteiger partial charge in [0.1, 0.15) is 12.7 Å². The largest absolute Gasteiger partial charge is 0.472 e.